The van der Waals surface area contributed by atoms with Crippen LogP contribution in [0, 0.1) is 11.8 Å². The molecule has 47 heavy (non-hydrogen) atoms. The summed E-state index contributed by atoms with van der Waals surface area (Å²) >= 11 is 0. The number of carbonyl (C=O) groups is 4. The number of aliphatic hydroxyl groups is 1. The highest BCUT2D eigenvalue weighted by Gasteiger charge is 2.29. The van der Waals surface area contributed by atoms with Gasteiger partial charge in [-0.1, -0.05) is 52.8 Å². The van der Waals surface area contributed by atoms with E-state index in [0.29, 0.717) is 30.5 Å². The second-order valence-electron chi connectivity index (χ2n) is 12.3. The van der Waals surface area contributed by atoms with E-state index < -0.39 is 57.8 Å². The molecule has 0 radical (unpaired) electrons. The molecule has 260 valence electrons. The van der Waals surface area contributed by atoms with Gasteiger partial charge >= 0.3 is 5.97 Å². The van der Waals surface area contributed by atoms with Crippen molar-refractivity contribution in [2.45, 2.75) is 92.0 Å². The van der Waals surface area contributed by atoms with Crippen LogP contribution >= 0.6 is 0 Å². The molecule has 13 heteroatoms. The maximum absolute atomic E-state index is 13.4. The fraction of sp³-hybridized carbons (Fsp3) is 0.529. The van der Waals surface area contributed by atoms with Crippen molar-refractivity contribution in [1.29, 1.82) is 0 Å². The van der Waals surface area contributed by atoms with Gasteiger partial charge in [-0.15, -0.1) is 0 Å². The molecule has 0 aliphatic heterocycles. The van der Waals surface area contributed by atoms with Crippen molar-refractivity contribution in [3.63, 3.8) is 0 Å². The lowest BCUT2D eigenvalue weighted by Crippen LogP contribution is -2.48. The van der Waals surface area contributed by atoms with Crippen molar-refractivity contribution in [3.8, 4) is 0 Å². The number of carboxylic acid groups (broad SMARTS) is 1. The average Bonchev–Trinajstić information content (AvgIpc) is 3.01. The van der Waals surface area contributed by atoms with Gasteiger partial charge in [0.1, 0.15) is 6.04 Å². The summed E-state index contributed by atoms with van der Waals surface area (Å²) in [6.45, 7) is 11.2. The maximum Gasteiger partial charge on any atom is 0.335 e. The normalized spacial score (nSPS) is 14.0. The van der Waals surface area contributed by atoms with Crippen LogP contribution in [0.5, 0.6) is 0 Å². The Morgan fingerprint density at radius 3 is 2.09 bits per heavy atom. The number of nitrogens with zero attached hydrogens (tertiary/aromatic N) is 1. The van der Waals surface area contributed by atoms with Gasteiger partial charge in [0.05, 0.1) is 29.1 Å². The molecule has 12 nitrogen and oxygen atoms in total. The molecule has 0 heterocycles. The third kappa shape index (κ3) is 12.3. The van der Waals surface area contributed by atoms with E-state index in [2.05, 4.69) is 16.0 Å². The van der Waals surface area contributed by atoms with Crippen molar-refractivity contribution in [1.82, 2.24) is 16.0 Å². The molecule has 2 aromatic carbocycles. The molecular weight excluding hydrogens is 624 g/mol. The first kappa shape index (κ1) is 39.2. The minimum Gasteiger partial charge on any atom is -0.478 e. The Bertz CT molecular complexity index is 1460. The van der Waals surface area contributed by atoms with E-state index in [0.717, 1.165) is 0 Å². The number of amides is 3. The lowest BCUT2D eigenvalue weighted by atomic mass is 9.92. The molecule has 2 aromatic rings. The van der Waals surface area contributed by atoms with Crippen LogP contribution in [-0.2, 0) is 26.2 Å². The van der Waals surface area contributed by atoms with Crippen molar-refractivity contribution in [2.75, 3.05) is 16.6 Å². The first-order valence-electron chi connectivity index (χ1n) is 16.1. The Hall–Kier alpha value is -3.97. The molecule has 0 aromatic heterocycles. The number of rotatable bonds is 19. The first-order valence-corrected chi connectivity index (χ1v) is 17.7. The van der Waals surface area contributed by atoms with Gasteiger partial charge in [0, 0.05) is 24.6 Å². The number of nitrogens with one attached hydrogen (secondary N) is 3. The van der Waals surface area contributed by atoms with Crippen molar-refractivity contribution < 1.29 is 37.8 Å². The van der Waals surface area contributed by atoms with Crippen molar-refractivity contribution in [3.05, 3.63) is 65.2 Å². The van der Waals surface area contributed by atoms with Gasteiger partial charge in [-0.3, -0.25) is 18.7 Å². The van der Waals surface area contributed by atoms with Crippen LogP contribution in [-0.4, -0.2) is 72.8 Å². The number of anilines is 1. The summed E-state index contributed by atoms with van der Waals surface area (Å²) in [4.78, 5) is 49.9. The van der Waals surface area contributed by atoms with E-state index in [9.17, 15) is 32.7 Å². The number of hydrogen-bond acceptors (Lipinski definition) is 7. The van der Waals surface area contributed by atoms with E-state index in [1.165, 1.54) is 29.4 Å². The molecule has 2 rings (SSSR count). The van der Waals surface area contributed by atoms with Gasteiger partial charge in [-0.05, 0) is 74.4 Å². The monoisotopic (exact) mass is 674 g/mol. The summed E-state index contributed by atoms with van der Waals surface area (Å²) < 4.78 is 27.1. The molecule has 0 saturated heterocycles. The number of aliphatic hydroxyl groups excluding tert-OH is 1. The number of carboxylic acids is 1. The van der Waals surface area contributed by atoms with Crippen LogP contribution in [0.4, 0.5) is 5.69 Å². The van der Waals surface area contributed by atoms with Crippen LogP contribution in [0.2, 0.25) is 0 Å². The number of sulfonamides is 1. The molecule has 4 atom stereocenters. The van der Waals surface area contributed by atoms with Crippen molar-refractivity contribution in [2.24, 2.45) is 11.8 Å². The maximum atomic E-state index is 13.4. The third-order valence-electron chi connectivity index (χ3n) is 7.59. The SMILES string of the molecule is CCCN(c1cccc(C(=O)N[C@@H](CC(C)C)[C@@H](O)C[C@@H](C)C(=O)N[C@@H](C)C(=O)NCc2ccc(C(=O)O)cc2)c1)S(=O)(=O)CCC. The number of aromatic carboxylic acids is 1. The number of carbonyl (C=O) groups excluding carboxylic acids is 3. The second-order valence-corrected chi connectivity index (χ2v) is 14.3. The lowest BCUT2D eigenvalue weighted by molar-refractivity contribution is -0.131. The van der Waals surface area contributed by atoms with E-state index in [-0.39, 0.29) is 42.3 Å². The largest absolute Gasteiger partial charge is 0.478 e. The molecule has 0 spiro atoms. The van der Waals surface area contributed by atoms with Crippen LogP contribution in [0.1, 0.15) is 93.5 Å². The fourth-order valence-corrected chi connectivity index (χ4v) is 6.67. The smallest absolute Gasteiger partial charge is 0.335 e. The highest BCUT2D eigenvalue weighted by Crippen LogP contribution is 2.22. The molecule has 0 bridgehead atoms. The third-order valence-corrected chi connectivity index (χ3v) is 9.58. The van der Waals surface area contributed by atoms with Gasteiger partial charge in [0.25, 0.3) is 5.91 Å². The van der Waals surface area contributed by atoms with E-state index >= 15 is 0 Å². The second kappa shape index (κ2) is 18.4. The van der Waals surface area contributed by atoms with Crippen LogP contribution in [0.25, 0.3) is 0 Å². The Kier molecular flexibility index (Phi) is 15.3. The van der Waals surface area contributed by atoms with E-state index in [1.54, 1.807) is 44.2 Å². The lowest BCUT2D eigenvalue weighted by Gasteiger charge is -2.28. The van der Waals surface area contributed by atoms with Crippen LogP contribution in [0.3, 0.4) is 0 Å². The minimum absolute atomic E-state index is 0.00808. The summed E-state index contributed by atoms with van der Waals surface area (Å²) in [6, 6.07) is 10.9. The average molecular weight is 675 g/mol. The molecule has 0 saturated carbocycles. The predicted molar refractivity (Wildman–Crippen MR) is 182 cm³/mol. The van der Waals surface area contributed by atoms with Gasteiger partial charge in [0.15, 0.2) is 0 Å². The van der Waals surface area contributed by atoms with E-state index in [4.69, 9.17) is 5.11 Å². The summed E-state index contributed by atoms with van der Waals surface area (Å²) in [6.07, 6.45) is 0.437. The van der Waals surface area contributed by atoms with Crippen LogP contribution in [0.15, 0.2) is 48.5 Å². The summed E-state index contributed by atoms with van der Waals surface area (Å²) in [5, 5.41) is 28.4. The zero-order valence-electron chi connectivity index (χ0n) is 28.2. The standard InChI is InChI=1S/C34H50N4O8S/c1-7-16-38(47(45,46)17-8-2)28-11-9-10-27(20-28)33(42)37-29(18-22(3)4)30(39)19-23(5)31(40)36-24(6)32(41)35-21-25-12-14-26(15-13-25)34(43)44/h9-15,20,22-24,29-30,39H,7-8,16-19,21H2,1-6H3,(H,35,41)(H,36,40)(H,37,42)(H,43,44)/t23-,24+,29+,30+/m1/s1. The van der Waals surface area contributed by atoms with Gasteiger partial charge < -0.3 is 26.2 Å². The molecule has 0 aliphatic carbocycles. The highest BCUT2D eigenvalue weighted by atomic mass is 32.2. The van der Waals surface area contributed by atoms with Crippen LogP contribution < -0.4 is 20.3 Å². The quantitative estimate of drug-likeness (QED) is 0.150. The molecule has 0 fully saturated rings. The van der Waals surface area contributed by atoms with Gasteiger partial charge in [-0.2, -0.15) is 0 Å². The molecule has 3 amide bonds. The van der Waals surface area contributed by atoms with Gasteiger partial charge in [-0.25, -0.2) is 13.2 Å². The minimum atomic E-state index is -3.56. The molecule has 0 unspecified atom stereocenters. The zero-order chi connectivity index (χ0) is 35.3. The topological polar surface area (TPSA) is 182 Å². The Balaban J connectivity index is 2.04. The highest BCUT2D eigenvalue weighted by molar-refractivity contribution is 7.92. The molecule has 0 aliphatic rings. The number of benzene rings is 2. The van der Waals surface area contributed by atoms with Crippen molar-refractivity contribution >= 4 is 39.4 Å². The predicted octanol–water partition coefficient (Wildman–Crippen LogP) is 3.69. The number of hydrogen-bond donors (Lipinski definition) is 5. The molecular formula is C34H50N4O8S. The summed E-state index contributed by atoms with van der Waals surface area (Å²) in [7, 11) is -3.56. The fourth-order valence-electron chi connectivity index (χ4n) is 5.04. The van der Waals surface area contributed by atoms with Gasteiger partial charge in [0.2, 0.25) is 21.8 Å². The summed E-state index contributed by atoms with van der Waals surface area (Å²) in [5.74, 6) is -2.98. The molecule has 5 N–H and O–H groups in total. The zero-order valence-corrected chi connectivity index (χ0v) is 29.0. The first-order chi connectivity index (χ1) is 22.1. The summed E-state index contributed by atoms with van der Waals surface area (Å²) in [5.41, 5.74) is 1.48. The Morgan fingerprint density at radius 2 is 1.51 bits per heavy atom. The Labute approximate surface area is 278 Å². The Morgan fingerprint density at radius 1 is 0.851 bits per heavy atom. The van der Waals surface area contributed by atoms with E-state index in [1.807, 2.05) is 20.8 Å².